The van der Waals surface area contributed by atoms with E-state index in [1.165, 1.54) is 12.4 Å². The predicted octanol–water partition coefficient (Wildman–Crippen LogP) is 1.39. The highest BCUT2D eigenvalue weighted by Crippen LogP contribution is 2.29. The van der Waals surface area contributed by atoms with Crippen LogP contribution in [-0.4, -0.2) is 33.9 Å². The number of alkyl halides is 3. The van der Waals surface area contributed by atoms with Gasteiger partial charge < -0.3 is 5.32 Å². The van der Waals surface area contributed by atoms with E-state index in [0.29, 0.717) is 5.56 Å². The summed E-state index contributed by atoms with van der Waals surface area (Å²) in [6.07, 6.45) is 2.67. The highest BCUT2D eigenvalue weighted by Gasteiger charge is 2.27. The molecule has 0 spiro atoms. The van der Waals surface area contributed by atoms with Gasteiger partial charge in [-0.2, -0.15) is 18.3 Å². The Morgan fingerprint density at radius 3 is 2.87 bits per heavy atom. The molecule has 0 radical (unpaired) electrons. The van der Waals surface area contributed by atoms with Crippen LogP contribution in [0.25, 0.3) is 0 Å². The van der Waals surface area contributed by atoms with Crippen molar-refractivity contribution in [1.82, 2.24) is 15.5 Å². The van der Waals surface area contributed by atoms with E-state index < -0.39 is 11.4 Å². The summed E-state index contributed by atoms with van der Waals surface area (Å²) in [5.74, 6) is -0.640. The molecule has 84 valence electrons. The molecule has 0 saturated heterocycles. The number of aromatic amines is 1. The molecular weight excluding hydrogens is 231 g/mol. The molecule has 1 aromatic heterocycles. The van der Waals surface area contributed by atoms with Crippen molar-refractivity contribution in [2.45, 2.75) is 5.51 Å². The Morgan fingerprint density at radius 2 is 2.33 bits per heavy atom. The molecule has 0 aliphatic rings. The molecule has 1 amide bonds. The molecule has 8 heteroatoms. The molecule has 0 saturated carbocycles. The normalized spacial score (nSPS) is 11.4. The van der Waals surface area contributed by atoms with Crippen LogP contribution in [0.4, 0.5) is 13.2 Å². The Bertz CT molecular complexity index is 312. The van der Waals surface area contributed by atoms with Gasteiger partial charge in [-0.3, -0.25) is 9.89 Å². The molecule has 1 aromatic rings. The van der Waals surface area contributed by atoms with Gasteiger partial charge in [0.15, 0.2) is 0 Å². The minimum atomic E-state index is -4.25. The number of hydrogen-bond acceptors (Lipinski definition) is 3. The van der Waals surface area contributed by atoms with Crippen molar-refractivity contribution in [2.75, 3.05) is 12.3 Å². The van der Waals surface area contributed by atoms with E-state index in [-0.39, 0.29) is 24.1 Å². The van der Waals surface area contributed by atoms with Gasteiger partial charge in [0.2, 0.25) is 0 Å². The van der Waals surface area contributed by atoms with Gasteiger partial charge >= 0.3 is 5.51 Å². The Kier molecular flexibility index (Phi) is 4.01. The zero-order valence-electron chi connectivity index (χ0n) is 7.47. The third-order valence-electron chi connectivity index (χ3n) is 1.41. The van der Waals surface area contributed by atoms with Crippen molar-refractivity contribution >= 4 is 17.7 Å². The van der Waals surface area contributed by atoms with E-state index >= 15 is 0 Å². The van der Waals surface area contributed by atoms with E-state index in [1.807, 2.05) is 0 Å². The van der Waals surface area contributed by atoms with Gasteiger partial charge in [0.1, 0.15) is 0 Å². The Labute approximate surface area is 87.6 Å². The Morgan fingerprint density at radius 1 is 1.60 bits per heavy atom. The SMILES string of the molecule is O=C(NCCSC(F)(F)F)c1cn[nH]c1. The van der Waals surface area contributed by atoms with Crippen LogP contribution >= 0.6 is 11.8 Å². The number of hydrogen-bond donors (Lipinski definition) is 2. The van der Waals surface area contributed by atoms with E-state index in [4.69, 9.17) is 0 Å². The van der Waals surface area contributed by atoms with Crippen LogP contribution in [0, 0.1) is 0 Å². The van der Waals surface area contributed by atoms with E-state index in [9.17, 15) is 18.0 Å². The molecular formula is C7H8F3N3OS. The number of rotatable bonds is 4. The zero-order chi connectivity index (χ0) is 11.3. The number of aromatic nitrogens is 2. The van der Waals surface area contributed by atoms with Gasteiger partial charge in [-0.1, -0.05) is 0 Å². The molecule has 0 fully saturated rings. The number of nitrogens with one attached hydrogen (secondary N) is 2. The lowest BCUT2D eigenvalue weighted by molar-refractivity contribution is -0.0327. The van der Waals surface area contributed by atoms with Crippen LogP contribution in [0.3, 0.4) is 0 Å². The summed E-state index contributed by atoms with van der Waals surface area (Å²) in [6.45, 7) is -0.0335. The Balaban J connectivity index is 2.19. The van der Waals surface area contributed by atoms with Crippen molar-refractivity contribution in [3.05, 3.63) is 18.0 Å². The number of nitrogens with zero attached hydrogens (tertiary/aromatic N) is 1. The smallest absolute Gasteiger partial charge is 0.351 e. The fourth-order valence-electron chi connectivity index (χ4n) is 0.808. The number of amides is 1. The zero-order valence-corrected chi connectivity index (χ0v) is 8.28. The summed E-state index contributed by atoms with van der Waals surface area (Å²) in [5.41, 5.74) is -3.95. The van der Waals surface area contributed by atoms with Gasteiger partial charge in [-0.25, -0.2) is 0 Å². The van der Waals surface area contributed by atoms with Crippen LogP contribution in [0.2, 0.25) is 0 Å². The minimum absolute atomic E-state index is 0.0335. The predicted molar refractivity (Wildman–Crippen MR) is 49.4 cm³/mol. The maximum Gasteiger partial charge on any atom is 0.441 e. The second-order valence-electron chi connectivity index (χ2n) is 2.54. The minimum Gasteiger partial charge on any atom is -0.351 e. The molecule has 1 rings (SSSR count). The first-order valence-corrected chi connectivity index (χ1v) is 4.95. The molecule has 0 unspecified atom stereocenters. The summed E-state index contributed by atoms with van der Waals surface area (Å²) in [6, 6.07) is 0. The lowest BCUT2D eigenvalue weighted by Crippen LogP contribution is -2.26. The van der Waals surface area contributed by atoms with Gasteiger partial charge in [0.05, 0.1) is 11.8 Å². The molecule has 15 heavy (non-hydrogen) atoms. The maximum absolute atomic E-state index is 11.7. The van der Waals surface area contributed by atoms with Crippen molar-refractivity contribution in [3.8, 4) is 0 Å². The van der Waals surface area contributed by atoms with Gasteiger partial charge in [0, 0.05) is 18.5 Å². The second-order valence-corrected chi connectivity index (χ2v) is 3.70. The fraction of sp³-hybridized carbons (Fsp3) is 0.429. The van der Waals surface area contributed by atoms with Crippen LogP contribution in [0.15, 0.2) is 12.4 Å². The quantitative estimate of drug-likeness (QED) is 0.781. The molecule has 1 heterocycles. The molecule has 0 atom stereocenters. The highest BCUT2D eigenvalue weighted by atomic mass is 32.2. The van der Waals surface area contributed by atoms with Crippen molar-refractivity contribution in [1.29, 1.82) is 0 Å². The lowest BCUT2D eigenvalue weighted by atomic mass is 10.3. The number of halogens is 3. The highest BCUT2D eigenvalue weighted by molar-refractivity contribution is 8.00. The first-order chi connectivity index (χ1) is 6.99. The maximum atomic E-state index is 11.7. The summed E-state index contributed by atoms with van der Waals surface area (Å²) in [4.78, 5) is 11.2. The summed E-state index contributed by atoms with van der Waals surface area (Å²) < 4.78 is 35.1. The molecule has 0 aromatic carbocycles. The molecule has 4 nitrogen and oxygen atoms in total. The van der Waals surface area contributed by atoms with Crippen LogP contribution in [0.5, 0.6) is 0 Å². The molecule has 0 aliphatic heterocycles. The summed E-state index contributed by atoms with van der Waals surface area (Å²) >= 11 is -0.165. The second kappa shape index (κ2) is 5.06. The number of thioether (sulfide) groups is 1. The van der Waals surface area contributed by atoms with Crippen molar-refractivity contribution < 1.29 is 18.0 Å². The third-order valence-corrected chi connectivity index (χ3v) is 2.15. The molecule has 0 bridgehead atoms. The topological polar surface area (TPSA) is 57.8 Å². The first-order valence-electron chi connectivity index (χ1n) is 3.97. The van der Waals surface area contributed by atoms with Crippen LogP contribution in [0.1, 0.15) is 10.4 Å². The average Bonchev–Trinajstić information content (AvgIpc) is 2.63. The van der Waals surface area contributed by atoms with Crippen LogP contribution in [-0.2, 0) is 0 Å². The third kappa shape index (κ3) is 4.73. The van der Waals surface area contributed by atoms with Crippen molar-refractivity contribution in [2.24, 2.45) is 0 Å². The standard InChI is InChI=1S/C7H8F3N3OS/c8-7(9,10)15-2-1-11-6(14)5-3-12-13-4-5/h3-4H,1-2H2,(H,11,14)(H,12,13). The van der Waals surface area contributed by atoms with E-state index in [1.54, 1.807) is 0 Å². The summed E-state index contributed by atoms with van der Waals surface area (Å²) in [5, 5.41) is 8.31. The average molecular weight is 239 g/mol. The number of carbonyl (C=O) groups excluding carboxylic acids is 1. The van der Waals surface area contributed by atoms with Gasteiger partial charge in [0.25, 0.3) is 5.91 Å². The summed E-state index contributed by atoms with van der Waals surface area (Å²) in [7, 11) is 0. The van der Waals surface area contributed by atoms with Gasteiger partial charge in [-0.15, -0.1) is 0 Å². The lowest BCUT2D eigenvalue weighted by Gasteiger charge is -2.05. The van der Waals surface area contributed by atoms with Crippen LogP contribution < -0.4 is 5.32 Å². The molecule has 0 aliphatic carbocycles. The van der Waals surface area contributed by atoms with Crippen molar-refractivity contribution in [3.63, 3.8) is 0 Å². The molecule has 2 N–H and O–H groups in total. The Hall–Kier alpha value is -1.18. The largest absolute Gasteiger partial charge is 0.441 e. The number of H-pyrrole nitrogens is 1. The first kappa shape index (κ1) is 11.9. The van der Waals surface area contributed by atoms with Gasteiger partial charge in [-0.05, 0) is 11.8 Å². The number of carbonyl (C=O) groups is 1. The monoisotopic (exact) mass is 239 g/mol. The van der Waals surface area contributed by atoms with E-state index in [0.717, 1.165) is 0 Å². The fourth-order valence-corrected chi connectivity index (χ4v) is 1.24. The van der Waals surface area contributed by atoms with E-state index in [2.05, 4.69) is 15.5 Å².